The minimum atomic E-state index is -0.335. The highest BCUT2D eigenvalue weighted by molar-refractivity contribution is 5.74. The van der Waals surface area contributed by atoms with Crippen molar-refractivity contribution in [2.24, 2.45) is 5.73 Å². The minimum Gasteiger partial charge on any atom is -0.464 e. The number of rotatable bonds is 5. The predicted octanol–water partition coefficient (Wildman–Crippen LogP) is 0.836. The Balaban J connectivity index is 2.22. The van der Waals surface area contributed by atoms with E-state index in [1.807, 2.05) is 0 Å². The first kappa shape index (κ1) is 11.5. The molecule has 0 radical (unpaired) electrons. The number of carbonyl (C=O) groups is 1. The van der Waals surface area contributed by atoms with Gasteiger partial charge in [0.1, 0.15) is 0 Å². The van der Waals surface area contributed by atoms with E-state index in [9.17, 15) is 4.79 Å². The number of nitrogens with two attached hydrogens (primary N) is 1. The molecule has 2 atom stereocenters. The van der Waals surface area contributed by atoms with Crippen molar-refractivity contribution in [3.05, 3.63) is 0 Å². The Morgan fingerprint density at radius 2 is 2.36 bits per heavy atom. The number of hydrogen-bond acceptors (Lipinski definition) is 4. The van der Waals surface area contributed by atoms with E-state index >= 15 is 0 Å². The molecule has 0 aromatic carbocycles. The van der Waals surface area contributed by atoms with Gasteiger partial charge in [-0.15, -0.1) is 0 Å². The fraction of sp³-hybridized carbons (Fsp3) is 0.900. The van der Waals surface area contributed by atoms with Crippen molar-refractivity contribution in [3.8, 4) is 0 Å². The summed E-state index contributed by atoms with van der Waals surface area (Å²) in [6.45, 7) is 2.91. The smallest absolute Gasteiger partial charge is 0.335 e. The molecular weight excluding hydrogens is 182 g/mol. The molecule has 1 saturated heterocycles. The fourth-order valence-electron chi connectivity index (χ4n) is 1.67. The van der Waals surface area contributed by atoms with Crippen LogP contribution in [0.3, 0.4) is 0 Å². The second-order valence-corrected chi connectivity index (χ2v) is 3.51. The SMILES string of the molecule is CCOC(=O)C1CCC(CCCN)O1. The summed E-state index contributed by atoms with van der Waals surface area (Å²) in [7, 11) is 0. The molecule has 4 nitrogen and oxygen atoms in total. The Hall–Kier alpha value is -0.610. The summed E-state index contributed by atoms with van der Waals surface area (Å²) in [5.41, 5.74) is 5.40. The summed E-state index contributed by atoms with van der Waals surface area (Å²) in [6, 6.07) is 0. The molecule has 2 unspecified atom stereocenters. The molecule has 1 rings (SSSR count). The molecule has 1 aliphatic rings. The standard InChI is InChI=1S/C10H19NO3/c1-2-13-10(12)9-6-5-8(14-9)4-3-7-11/h8-9H,2-7,11H2,1H3. The van der Waals surface area contributed by atoms with Crippen LogP contribution in [0.5, 0.6) is 0 Å². The third-order valence-electron chi connectivity index (χ3n) is 2.39. The van der Waals surface area contributed by atoms with E-state index in [2.05, 4.69) is 0 Å². The van der Waals surface area contributed by atoms with Crippen LogP contribution in [0.15, 0.2) is 0 Å². The van der Waals surface area contributed by atoms with Gasteiger partial charge in [0.05, 0.1) is 12.7 Å². The lowest BCUT2D eigenvalue weighted by molar-refractivity contribution is -0.155. The van der Waals surface area contributed by atoms with Gasteiger partial charge in [-0.2, -0.15) is 0 Å². The maximum Gasteiger partial charge on any atom is 0.335 e. The molecule has 4 heteroatoms. The zero-order valence-corrected chi connectivity index (χ0v) is 8.70. The maximum atomic E-state index is 11.3. The first-order chi connectivity index (χ1) is 6.77. The second-order valence-electron chi connectivity index (χ2n) is 3.51. The average Bonchev–Trinajstić information content (AvgIpc) is 2.63. The summed E-state index contributed by atoms with van der Waals surface area (Å²) in [6.07, 6.45) is 3.51. The van der Waals surface area contributed by atoms with E-state index in [1.54, 1.807) is 6.92 Å². The molecule has 0 bridgehead atoms. The normalized spacial score (nSPS) is 26.4. The highest BCUT2D eigenvalue weighted by Gasteiger charge is 2.30. The van der Waals surface area contributed by atoms with E-state index in [4.69, 9.17) is 15.2 Å². The molecule has 0 aromatic rings. The Labute approximate surface area is 84.7 Å². The van der Waals surface area contributed by atoms with Crippen LogP contribution in [0.25, 0.3) is 0 Å². The molecule has 0 aromatic heterocycles. The summed E-state index contributed by atoms with van der Waals surface area (Å²) < 4.78 is 10.4. The van der Waals surface area contributed by atoms with Gasteiger partial charge in [0, 0.05) is 0 Å². The molecule has 1 heterocycles. The van der Waals surface area contributed by atoms with E-state index in [-0.39, 0.29) is 18.2 Å². The quantitative estimate of drug-likeness (QED) is 0.669. The number of hydrogen-bond donors (Lipinski definition) is 1. The van der Waals surface area contributed by atoms with Crippen LogP contribution in [0.1, 0.15) is 32.6 Å². The molecule has 0 aliphatic carbocycles. The Kier molecular flexibility index (Phi) is 4.90. The first-order valence-electron chi connectivity index (χ1n) is 5.30. The Morgan fingerprint density at radius 1 is 1.57 bits per heavy atom. The lowest BCUT2D eigenvalue weighted by Crippen LogP contribution is -2.23. The minimum absolute atomic E-state index is 0.202. The van der Waals surface area contributed by atoms with Crippen molar-refractivity contribution in [1.29, 1.82) is 0 Å². The van der Waals surface area contributed by atoms with Crippen LogP contribution in [0.4, 0.5) is 0 Å². The van der Waals surface area contributed by atoms with E-state index < -0.39 is 0 Å². The maximum absolute atomic E-state index is 11.3. The molecule has 2 N–H and O–H groups in total. The summed E-state index contributed by atoms with van der Waals surface area (Å²) in [5.74, 6) is -0.220. The summed E-state index contributed by atoms with van der Waals surface area (Å²) in [5, 5.41) is 0. The van der Waals surface area contributed by atoms with Crippen LogP contribution < -0.4 is 5.73 Å². The van der Waals surface area contributed by atoms with Gasteiger partial charge in [-0.05, 0) is 39.2 Å². The molecule has 0 amide bonds. The van der Waals surface area contributed by atoms with Crippen LogP contribution in [-0.2, 0) is 14.3 Å². The van der Waals surface area contributed by atoms with Crippen molar-refractivity contribution in [3.63, 3.8) is 0 Å². The average molecular weight is 201 g/mol. The fourth-order valence-corrected chi connectivity index (χ4v) is 1.67. The van der Waals surface area contributed by atoms with Gasteiger partial charge in [0.2, 0.25) is 0 Å². The Morgan fingerprint density at radius 3 is 3.00 bits per heavy atom. The molecule has 82 valence electrons. The van der Waals surface area contributed by atoms with Gasteiger partial charge in [0.15, 0.2) is 6.10 Å². The second kappa shape index (κ2) is 5.98. The molecule has 1 fully saturated rings. The van der Waals surface area contributed by atoms with E-state index in [0.29, 0.717) is 13.2 Å². The van der Waals surface area contributed by atoms with Crippen molar-refractivity contribution in [1.82, 2.24) is 0 Å². The van der Waals surface area contributed by atoms with Crippen molar-refractivity contribution in [2.45, 2.75) is 44.8 Å². The third kappa shape index (κ3) is 3.27. The zero-order chi connectivity index (χ0) is 10.4. The van der Waals surface area contributed by atoms with Crippen LogP contribution in [0, 0.1) is 0 Å². The highest BCUT2D eigenvalue weighted by Crippen LogP contribution is 2.23. The third-order valence-corrected chi connectivity index (χ3v) is 2.39. The zero-order valence-electron chi connectivity index (χ0n) is 8.70. The Bertz CT molecular complexity index is 184. The number of ether oxygens (including phenoxy) is 2. The van der Waals surface area contributed by atoms with Crippen LogP contribution in [-0.4, -0.2) is 31.3 Å². The molecular formula is C10H19NO3. The van der Waals surface area contributed by atoms with Gasteiger partial charge in [-0.1, -0.05) is 0 Å². The molecule has 0 saturated carbocycles. The van der Waals surface area contributed by atoms with Gasteiger partial charge in [-0.25, -0.2) is 4.79 Å². The predicted molar refractivity (Wildman–Crippen MR) is 52.8 cm³/mol. The van der Waals surface area contributed by atoms with Gasteiger partial charge in [-0.3, -0.25) is 0 Å². The van der Waals surface area contributed by atoms with E-state index in [1.165, 1.54) is 0 Å². The van der Waals surface area contributed by atoms with Gasteiger partial charge >= 0.3 is 5.97 Å². The van der Waals surface area contributed by atoms with Gasteiger partial charge < -0.3 is 15.2 Å². The topological polar surface area (TPSA) is 61.5 Å². The molecule has 14 heavy (non-hydrogen) atoms. The summed E-state index contributed by atoms with van der Waals surface area (Å²) >= 11 is 0. The largest absolute Gasteiger partial charge is 0.464 e. The van der Waals surface area contributed by atoms with Crippen molar-refractivity contribution in [2.75, 3.05) is 13.2 Å². The number of esters is 1. The van der Waals surface area contributed by atoms with Crippen molar-refractivity contribution < 1.29 is 14.3 Å². The monoisotopic (exact) mass is 201 g/mol. The van der Waals surface area contributed by atoms with Crippen molar-refractivity contribution >= 4 is 5.97 Å². The molecule has 0 spiro atoms. The van der Waals surface area contributed by atoms with E-state index in [0.717, 1.165) is 25.7 Å². The number of carbonyl (C=O) groups excluding carboxylic acids is 1. The van der Waals surface area contributed by atoms with Crippen LogP contribution in [0.2, 0.25) is 0 Å². The lowest BCUT2D eigenvalue weighted by atomic mass is 10.1. The molecule has 1 aliphatic heterocycles. The van der Waals surface area contributed by atoms with Gasteiger partial charge in [0.25, 0.3) is 0 Å². The summed E-state index contributed by atoms with van der Waals surface area (Å²) in [4.78, 5) is 11.3. The van der Waals surface area contributed by atoms with Crippen LogP contribution >= 0.6 is 0 Å². The highest BCUT2D eigenvalue weighted by atomic mass is 16.6. The lowest BCUT2D eigenvalue weighted by Gasteiger charge is -2.12. The first-order valence-corrected chi connectivity index (χ1v) is 5.30.